The maximum absolute atomic E-state index is 9.75. The second-order valence-corrected chi connectivity index (χ2v) is 10.2. The highest BCUT2D eigenvalue weighted by Gasteiger charge is 2.26. The maximum atomic E-state index is 9.75. The summed E-state index contributed by atoms with van der Waals surface area (Å²) in [5, 5.41) is 9.75. The highest BCUT2D eigenvalue weighted by molar-refractivity contribution is 6.49. The fourth-order valence-corrected chi connectivity index (χ4v) is 2.92. The third-order valence-corrected chi connectivity index (χ3v) is 4.07. The summed E-state index contributed by atoms with van der Waals surface area (Å²) in [7, 11) is -1.21. The van der Waals surface area contributed by atoms with Gasteiger partial charge < -0.3 is 9.53 Å². The number of hydrogen-bond donors (Lipinski definition) is 1. The molecule has 1 aromatic rings. The second-order valence-electron chi connectivity index (χ2n) is 7.84. The van der Waals surface area contributed by atoms with Gasteiger partial charge >= 0.3 is 0 Å². The van der Waals surface area contributed by atoms with Crippen LogP contribution < -0.4 is 4.43 Å². The molecule has 0 heterocycles. The van der Waals surface area contributed by atoms with Crippen molar-refractivity contribution in [3.05, 3.63) is 28.8 Å². The number of aliphatic hydroxyl groups is 1. The fraction of sp³-hybridized carbons (Fsp3) is 0.647. The average molecular weight is 295 g/mol. The molecule has 0 radical (unpaired) electrons. The van der Waals surface area contributed by atoms with Crippen LogP contribution in [-0.4, -0.2) is 14.1 Å². The summed E-state index contributed by atoms with van der Waals surface area (Å²) in [6.45, 7) is 17.6. The molecule has 0 atom stereocenters. The number of aliphatic hydroxyl groups excluding tert-OH is 1. The van der Waals surface area contributed by atoms with Crippen molar-refractivity contribution >= 4 is 9.04 Å². The SMILES string of the molecule is C[SiH](C)Oc1c(CO)cc(C(C)(C)C)cc1C(C)(C)C. The van der Waals surface area contributed by atoms with E-state index in [1.165, 1.54) is 11.1 Å². The Kier molecular flexibility index (Phi) is 5.09. The number of benzene rings is 1. The van der Waals surface area contributed by atoms with Crippen molar-refractivity contribution in [2.75, 3.05) is 0 Å². The number of rotatable bonds is 3. The zero-order valence-corrected chi connectivity index (χ0v) is 15.4. The van der Waals surface area contributed by atoms with Gasteiger partial charge in [0.2, 0.25) is 9.04 Å². The molecule has 20 heavy (non-hydrogen) atoms. The highest BCUT2D eigenvalue weighted by atomic mass is 28.3. The van der Waals surface area contributed by atoms with E-state index in [0.29, 0.717) is 0 Å². The summed E-state index contributed by atoms with van der Waals surface area (Å²) in [6, 6.07) is 4.35. The quantitative estimate of drug-likeness (QED) is 0.849. The van der Waals surface area contributed by atoms with Gasteiger partial charge in [0.25, 0.3) is 0 Å². The zero-order valence-electron chi connectivity index (χ0n) is 14.3. The summed E-state index contributed by atoms with van der Waals surface area (Å²) in [5.74, 6) is 0.912. The molecule has 1 aromatic carbocycles. The van der Waals surface area contributed by atoms with E-state index in [0.717, 1.165) is 11.3 Å². The van der Waals surface area contributed by atoms with E-state index in [4.69, 9.17) is 4.43 Å². The first-order valence-corrected chi connectivity index (χ1v) is 10.2. The summed E-state index contributed by atoms with van der Waals surface area (Å²) in [4.78, 5) is 0. The third-order valence-electron chi connectivity index (χ3n) is 3.36. The van der Waals surface area contributed by atoms with Crippen LogP contribution in [0.15, 0.2) is 12.1 Å². The smallest absolute Gasteiger partial charge is 0.229 e. The van der Waals surface area contributed by atoms with Gasteiger partial charge in [0.05, 0.1) is 6.61 Å². The van der Waals surface area contributed by atoms with Gasteiger partial charge in [-0.2, -0.15) is 0 Å². The molecular weight excluding hydrogens is 264 g/mol. The highest BCUT2D eigenvalue weighted by Crippen LogP contribution is 2.38. The lowest BCUT2D eigenvalue weighted by Crippen LogP contribution is -2.22. The molecule has 0 amide bonds. The van der Waals surface area contributed by atoms with Crippen LogP contribution in [0.4, 0.5) is 0 Å². The van der Waals surface area contributed by atoms with E-state index in [1.54, 1.807) is 0 Å². The van der Waals surface area contributed by atoms with Crippen molar-refractivity contribution in [1.29, 1.82) is 0 Å². The fourth-order valence-electron chi connectivity index (χ4n) is 2.17. The molecule has 0 fully saturated rings. The van der Waals surface area contributed by atoms with E-state index in [9.17, 15) is 5.11 Å². The van der Waals surface area contributed by atoms with Crippen molar-refractivity contribution in [3.8, 4) is 5.75 Å². The van der Waals surface area contributed by atoms with Crippen molar-refractivity contribution in [2.24, 2.45) is 0 Å². The van der Waals surface area contributed by atoms with Crippen LogP contribution in [0.25, 0.3) is 0 Å². The van der Waals surface area contributed by atoms with Gasteiger partial charge in [0.15, 0.2) is 0 Å². The molecule has 0 spiro atoms. The molecular formula is C17H30O2Si. The standard InChI is InChI=1S/C17H30O2Si/c1-16(2,3)13-9-12(11-18)15(19-20(7)8)14(10-13)17(4,5)6/h9-10,18,20H,11H2,1-8H3. The van der Waals surface area contributed by atoms with Crippen LogP contribution in [0.5, 0.6) is 5.75 Å². The van der Waals surface area contributed by atoms with Crippen LogP contribution in [0.1, 0.15) is 58.2 Å². The lowest BCUT2D eigenvalue weighted by Gasteiger charge is -2.30. The molecule has 1 N–H and O–H groups in total. The zero-order chi connectivity index (χ0) is 15.7. The molecule has 0 saturated carbocycles. The normalized spacial score (nSPS) is 12.9. The van der Waals surface area contributed by atoms with Gasteiger partial charge in [-0.1, -0.05) is 47.6 Å². The third kappa shape index (κ3) is 4.09. The minimum atomic E-state index is -1.21. The van der Waals surface area contributed by atoms with Crippen LogP contribution in [0.3, 0.4) is 0 Å². The van der Waals surface area contributed by atoms with Crippen LogP contribution in [0, 0.1) is 0 Å². The lowest BCUT2D eigenvalue weighted by molar-refractivity contribution is 0.277. The summed E-state index contributed by atoms with van der Waals surface area (Å²) >= 11 is 0. The van der Waals surface area contributed by atoms with E-state index in [2.05, 4.69) is 66.8 Å². The van der Waals surface area contributed by atoms with Crippen molar-refractivity contribution in [1.82, 2.24) is 0 Å². The minimum Gasteiger partial charge on any atom is -0.547 e. The molecule has 0 aliphatic rings. The Hall–Kier alpha value is -0.803. The molecule has 1 rings (SSSR count). The Balaban J connectivity index is 3.56. The summed E-state index contributed by atoms with van der Waals surface area (Å²) in [5.41, 5.74) is 3.45. The Bertz CT molecular complexity index is 465. The number of hydrogen-bond acceptors (Lipinski definition) is 2. The van der Waals surface area contributed by atoms with Gasteiger partial charge in [-0.25, -0.2) is 0 Å². The summed E-state index contributed by atoms with van der Waals surface area (Å²) < 4.78 is 6.14. The Labute approximate surface area is 125 Å². The first-order valence-electron chi connectivity index (χ1n) is 7.42. The Morgan fingerprint density at radius 2 is 1.55 bits per heavy atom. The lowest BCUT2D eigenvalue weighted by atomic mass is 9.79. The molecule has 114 valence electrons. The summed E-state index contributed by atoms with van der Waals surface area (Å²) in [6.07, 6.45) is 0. The minimum absolute atomic E-state index is 0.00377. The van der Waals surface area contributed by atoms with E-state index >= 15 is 0 Å². The molecule has 2 nitrogen and oxygen atoms in total. The predicted octanol–water partition coefficient (Wildman–Crippen LogP) is 4.14. The second kappa shape index (κ2) is 5.90. The van der Waals surface area contributed by atoms with E-state index in [1.807, 2.05) is 0 Å². The van der Waals surface area contributed by atoms with Crippen molar-refractivity contribution in [2.45, 2.75) is 72.1 Å². The van der Waals surface area contributed by atoms with Crippen molar-refractivity contribution in [3.63, 3.8) is 0 Å². The Morgan fingerprint density at radius 1 is 1.00 bits per heavy atom. The van der Waals surface area contributed by atoms with E-state index < -0.39 is 9.04 Å². The molecule has 0 aromatic heterocycles. The molecule has 0 aliphatic heterocycles. The van der Waals surface area contributed by atoms with Gasteiger partial charge in [-0.15, -0.1) is 0 Å². The van der Waals surface area contributed by atoms with Gasteiger partial charge in [-0.3, -0.25) is 0 Å². The van der Waals surface area contributed by atoms with E-state index in [-0.39, 0.29) is 17.4 Å². The first kappa shape index (κ1) is 17.2. The molecule has 0 aliphatic carbocycles. The topological polar surface area (TPSA) is 29.5 Å². The first-order chi connectivity index (χ1) is 8.96. The average Bonchev–Trinajstić information content (AvgIpc) is 2.25. The molecule has 0 bridgehead atoms. The van der Waals surface area contributed by atoms with Crippen LogP contribution in [-0.2, 0) is 17.4 Å². The largest absolute Gasteiger partial charge is 0.547 e. The van der Waals surface area contributed by atoms with Crippen molar-refractivity contribution < 1.29 is 9.53 Å². The molecule has 0 saturated heterocycles. The van der Waals surface area contributed by atoms with Gasteiger partial charge in [0.1, 0.15) is 5.75 Å². The predicted molar refractivity (Wildman–Crippen MR) is 89.3 cm³/mol. The molecule has 3 heteroatoms. The Morgan fingerprint density at radius 3 is 1.90 bits per heavy atom. The van der Waals surface area contributed by atoms with Crippen LogP contribution in [0.2, 0.25) is 13.1 Å². The monoisotopic (exact) mass is 294 g/mol. The molecule has 0 unspecified atom stereocenters. The maximum Gasteiger partial charge on any atom is 0.229 e. The van der Waals surface area contributed by atoms with Gasteiger partial charge in [0, 0.05) is 5.56 Å². The van der Waals surface area contributed by atoms with Gasteiger partial charge in [-0.05, 0) is 41.1 Å². The van der Waals surface area contributed by atoms with Crippen LogP contribution >= 0.6 is 0 Å².